The first-order valence-corrected chi connectivity index (χ1v) is 7.17. The molecule has 20 heavy (non-hydrogen) atoms. The summed E-state index contributed by atoms with van der Waals surface area (Å²) in [6.07, 6.45) is 0.921. The summed E-state index contributed by atoms with van der Waals surface area (Å²) in [5.74, 6) is 1.56. The Morgan fingerprint density at radius 3 is 2.35 bits per heavy atom. The van der Waals surface area contributed by atoms with E-state index in [1.165, 1.54) is 0 Å². The predicted molar refractivity (Wildman–Crippen MR) is 82.3 cm³/mol. The third-order valence-electron chi connectivity index (χ3n) is 3.32. The minimum atomic E-state index is 0.243. The molecule has 0 aliphatic heterocycles. The standard InChI is InChI=1S/C14H27N5O/c1-7-8-20-13-18-11(15-6)17-12(19-13)16-9-10(2)14(3,4)5/h10H,7-9H2,1-6H3,(H2,15,16,17,18,19). The predicted octanol–water partition coefficient (Wildman–Crippen LogP) is 2.80. The van der Waals surface area contributed by atoms with Crippen molar-refractivity contribution in [2.45, 2.75) is 41.0 Å². The SMILES string of the molecule is CCCOc1nc(NC)nc(NCC(C)C(C)(C)C)n1. The summed E-state index contributed by atoms with van der Waals surface area (Å²) in [5.41, 5.74) is 0.243. The number of nitrogens with one attached hydrogen (secondary N) is 2. The van der Waals surface area contributed by atoms with Gasteiger partial charge in [0.05, 0.1) is 6.61 Å². The first kappa shape index (κ1) is 16.5. The summed E-state index contributed by atoms with van der Waals surface area (Å²) in [7, 11) is 1.78. The Morgan fingerprint density at radius 1 is 1.15 bits per heavy atom. The van der Waals surface area contributed by atoms with Gasteiger partial charge >= 0.3 is 6.01 Å². The number of nitrogens with zero attached hydrogens (tertiary/aromatic N) is 3. The molecular formula is C14H27N5O. The summed E-state index contributed by atoms with van der Waals surface area (Å²) < 4.78 is 5.47. The van der Waals surface area contributed by atoms with Crippen LogP contribution in [0.3, 0.4) is 0 Å². The van der Waals surface area contributed by atoms with E-state index in [1.54, 1.807) is 7.05 Å². The van der Waals surface area contributed by atoms with E-state index >= 15 is 0 Å². The first-order chi connectivity index (χ1) is 9.36. The van der Waals surface area contributed by atoms with E-state index in [2.05, 4.69) is 53.3 Å². The second-order valence-electron chi connectivity index (χ2n) is 6.01. The fraction of sp³-hybridized carbons (Fsp3) is 0.786. The lowest BCUT2D eigenvalue weighted by Gasteiger charge is -2.27. The number of aromatic nitrogens is 3. The first-order valence-electron chi connectivity index (χ1n) is 7.17. The second-order valence-corrected chi connectivity index (χ2v) is 6.01. The van der Waals surface area contributed by atoms with Gasteiger partial charge in [-0.15, -0.1) is 0 Å². The van der Waals surface area contributed by atoms with Gasteiger partial charge in [-0.25, -0.2) is 0 Å². The summed E-state index contributed by atoms with van der Waals surface area (Å²) in [4.78, 5) is 12.7. The van der Waals surface area contributed by atoms with Gasteiger partial charge in [0.2, 0.25) is 11.9 Å². The van der Waals surface area contributed by atoms with E-state index < -0.39 is 0 Å². The van der Waals surface area contributed by atoms with Crippen LogP contribution in [0, 0.1) is 11.3 Å². The molecule has 1 aromatic rings. The van der Waals surface area contributed by atoms with Crippen LogP contribution in [-0.2, 0) is 0 Å². The van der Waals surface area contributed by atoms with Gasteiger partial charge in [-0.3, -0.25) is 0 Å². The number of hydrogen-bond acceptors (Lipinski definition) is 6. The highest BCUT2D eigenvalue weighted by molar-refractivity contribution is 5.35. The van der Waals surface area contributed by atoms with E-state index in [4.69, 9.17) is 4.74 Å². The van der Waals surface area contributed by atoms with Gasteiger partial charge in [0.15, 0.2) is 0 Å². The van der Waals surface area contributed by atoms with Gasteiger partial charge in [0, 0.05) is 13.6 Å². The highest BCUT2D eigenvalue weighted by Gasteiger charge is 2.20. The molecule has 0 aliphatic carbocycles. The van der Waals surface area contributed by atoms with Crippen molar-refractivity contribution in [3.8, 4) is 6.01 Å². The van der Waals surface area contributed by atoms with Gasteiger partial charge in [-0.1, -0.05) is 34.6 Å². The van der Waals surface area contributed by atoms with Crippen LogP contribution in [-0.4, -0.2) is 35.2 Å². The molecule has 0 fully saturated rings. The number of rotatable bonds is 7. The molecule has 1 heterocycles. The Kier molecular flexibility index (Phi) is 5.98. The maximum Gasteiger partial charge on any atom is 0.323 e. The largest absolute Gasteiger partial charge is 0.463 e. The zero-order valence-corrected chi connectivity index (χ0v) is 13.4. The van der Waals surface area contributed by atoms with Crippen LogP contribution in [0.5, 0.6) is 6.01 Å². The average Bonchev–Trinajstić information content (AvgIpc) is 2.41. The van der Waals surface area contributed by atoms with Crippen molar-refractivity contribution >= 4 is 11.9 Å². The maximum absolute atomic E-state index is 5.47. The lowest BCUT2D eigenvalue weighted by atomic mass is 9.82. The highest BCUT2D eigenvalue weighted by Crippen LogP contribution is 2.25. The second kappa shape index (κ2) is 7.26. The molecule has 0 saturated heterocycles. The minimum Gasteiger partial charge on any atom is -0.463 e. The third-order valence-corrected chi connectivity index (χ3v) is 3.32. The molecule has 0 aliphatic rings. The molecule has 2 N–H and O–H groups in total. The molecule has 1 unspecified atom stereocenters. The fourth-order valence-corrected chi connectivity index (χ4v) is 1.36. The summed E-state index contributed by atoms with van der Waals surface area (Å²) in [6, 6.07) is 0.358. The number of hydrogen-bond donors (Lipinski definition) is 2. The Hall–Kier alpha value is -1.59. The van der Waals surface area contributed by atoms with Crippen molar-refractivity contribution in [3.63, 3.8) is 0 Å². The molecule has 6 nitrogen and oxygen atoms in total. The summed E-state index contributed by atoms with van der Waals surface area (Å²) in [5, 5.41) is 6.18. The Balaban J connectivity index is 2.73. The van der Waals surface area contributed by atoms with E-state index in [9.17, 15) is 0 Å². The van der Waals surface area contributed by atoms with Gasteiger partial charge in [-0.2, -0.15) is 15.0 Å². The average molecular weight is 281 g/mol. The highest BCUT2D eigenvalue weighted by atomic mass is 16.5. The van der Waals surface area contributed by atoms with Crippen LogP contribution in [0.2, 0.25) is 0 Å². The van der Waals surface area contributed by atoms with Gasteiger partial charge in [-0.05, 0) is 17.8 Å². The lowest BCUT2D eigenvalue weighted by Crippen LogP contribution is -2.25. The Labute approximate surface area is 121 Å². The van der Waals surface area contributed by atoms with Crippen LogP contribution in [0.4, 0.5) is 11.9 Å². The molecule has 0 aromatic carbocycles. The molecule has 6 heteroatoms. The van der Waals surface area contributed by atoms with Crippen LogP contribution >= 0.6 is 0 Å². The van der Waals surface area contributed by atoms with Gasteiger partial charge in [0.25, 0.3) is 0 Å². The number of ether oxygens (including phenoxy) is 1. The molecule has 0 amide bonds. The van der Waals surface area contributed by atoms with Crippen LogP contribution in [0.15, 0.2) is 0 Å². The van der Waals surface area contributed by atoms with Crippen molar-refractivity contribution in [1.29, 1.82) is 0 Å². The molecular weight excluding hydrogens is 254 g/mol. The zero-order chi connectivity index (χ0) is 15.2. The Bertz CT molecular complexity index is 417. The number of anilines is 2. The minimum absolute atomic E-state index is 0.243. The molecule has 0 saturated carbocycles. The Morgan fingerprint density at radius 2 is 1.80 bits per heavy atom. The van der Waals surface area contributed by atoms with E-state index in [-0.39, 0.29) is 5.41 Å². The normalized spacial score (nSPS) is 12.9. The van der Waals surface area contributed by atoms with E-state index in [0.29, 0.717) is 30.4 Å². The topological polar surface area (TPSA) is 72.0 Å². The van der Waals surface area contributed by atoms with E-state index in [0.717, 1.165) is 13.0 Å². The molecule has 1 aromatic heterocycles. The van der Waals surface area contributed by atoms with Crippen molar-refractivity contribution < 1.29 is 4.74 Å². The van der Waals surface area contributed by atoms with Crippen molar-refractivity contribution in [2.24, 2.45) is 11.3 Å². The van der Waals surface area contributed by atoms with Crippen molar-refractivity contribution in [3.05, 3.63) is 0 Å². The van der Waals surface area contributed by atoms with Gasteiger partial charge in [0.1, 0.15) is 0 Å². The molecule has 1 rings (SSSR count). The maximum atomic E-state index is 5.47. The molecule has 0 bridgehead atoms. The van der Waals surface area contributed by atoms with Crippen LogP contribution in [0.1, 0.15) is 41.0 Å². The summed E-state index contributed by atoms with van der Waals surface area (Å²) in [6.45, 7) is 12.3. The monoisotopic (exact) mass is 281 g/mol. The quantitative estimate of drug-likeness (QED) is 0.800. The molecule has 1 atom stereocenters. The molecule has 114 valence electrons. The zero-order valence-electron chi connectivity index (χ0n) is 13.4. The molecule has 0 spiro atoms. The third kappa shape index (κ3) is 5.19. The van der Waals surface area contributed by atoms with Crippen molar-refractivity contribution in [1.82, 2.24) is 15.0 Å². The molecule has 0 radical (unpaired) electrons. The smallest absolute Gasteiger partial charge is 0.323 e. The fourth-order valence-electron chi connectivity index (χ4n) is 1.36. The van der Waals surface area contributed by atoms with Crippen molar-refractivity contribution in [2.75, 3.05) is 30.8 Å². The summed E-state index contributed by atoms with van der Waals surface area (Å²) >= 11 is 0. The van der Waals surface area contributed by atoms with Crippen LogP contribution in [0.25, 0.3) is 0 Å². The van der Waals surface area contributed by atoms with Crippen LogP contribution < -0.4 is 15.4 Å². The lowest BCUT2D eigenvalue weighted by molar-refractivity contribution is 0.273. The van der Waals surface area contributed by atoms with E-state index in [1.807, 2.05) is 6.92 Å². The van der Waals surface area contributed by atoms with Gasteiger partial charge < -0.3 is 15.4 Å².